The van der Waals surface area contributed by atoms with Crippen LogP contribution in [0.1, 0.15) is 0 Å². The first kappa shape index (κ1) is 15.0. The van der Waals surface area contributed by atoms with Crippen LogP contribution in [0.15, 0.2) is 18.2 Å². The average Bonchev–Trinajstić information content (AvgIpc) is 2.10. The summed E-state index contributed by atoms with van der Waals surface area (Å²) in [6.07, 6.45) is 1.70. The topological polar surface area (TPSA) is 47.9 Å². The number of hydrogen-bond donors (Lipinski definition) is 2. The molecule has 0 aliphatic carbocycles. The van der Waals surface area contributed by atoms with E-state index in [2.05, 4.69) is 10.6 Å². The van der Waals surface area contributed by atoms with Crippen LogP contribution < -0.4 is 10.6 Å². The summed E-state index contributed by atoms with van der Waals surface area (Å²) in [5.41, 5.74) is 0.601. The predicted octanol–water partition coefficient (Wildman–Crippen LogP) is 2.11. The van der Waals surface area contributed by atoms with Gasteiger partial charge in [-0.1, -0.05) is 23.2 Å². The molecule has 1 aromatic carbocycles. The Kier molecular flexibility index (Phi) is 7.28. The molecule has 0 saturated carbocycles. The van der Waals surface area contributed by atoms with Crippen molar-refractivity contribution >= 4 is 75.8 Å². The fraction of sp³-hybridized carbons (Fsp3) is 0. The van der Waals surface area contributed by atoms with Crippen molar-refractivity contribution < 1.29 is 0 Å². The second kappa shape index (κ2) is 7.29. The third-order valence-electron chi connectivity index (χ3n) is 1.35. The number of rotatable bonds is 1. The number of benzene rings is 1. The number of nitrogens with zero attached hydrogens (tertiary/aromatic N) is 1. The van der Waals surface area contributed by atoms with Gasteiger partial charge in [-0.15, -0.1) is 0 Å². The molecule has 0 fully saturated rings. The SMILES string of the molecule is N#CNC(=S)Nc1ccc(Cl)cc1Cl.[NaH]. The standard InChI is InChI=1S/C8H5Cl2N3S.Na.H/c9-5-1-2-7(6(10)3-5)13-8(14)12-4-11;;/h1-3H,(H2,12,13,14);;. The van der Waals surface area contributed by atoms with Crippen LogP contribution in [0, 0.1) is 11.5 Å². The molecular weight excluding hydrogens is 264 g/mol. The van der Waals surface area contributed by atoms with Crippen LogP contribution in [0.2, 0.25) is 10.0 Å². The quantitative estimate of drug-likeness (QED) is 0.355. The van der Waals surface area contributed by atoms with E-state index in [1.807, 2.05) is 0 Å². The van der Waals surface area contributed by atoms with Crippen molar-refractivity contribution in [3.05, 3.63) is 28.2 Å². The Bertz CT molecular complexity index is 405. The van der Waals surface area contributed by atoms with Crippen molar-refractivity contribution in [2.24, 2.45) is 0 Å². The van der Waals surface area contributed by atoms with Gasteiger partial charge in [0, 0.05) is 5.02 Å². The van der Waals surface area contributed by atoms with E-state index in [0.717, 1.165) is 0 Å². The molecule has 0 atom stereocenters. The second-order valence-electron chi connectivity index (χ2n) is 2.32. The number of halogens is 2. The van der Waals surface area contributed by atoms with Gasteiger partial charge in [0.05, 0.1) is 10.7 Å². The molecule has 2 N–H and O–H groups in total. The average molecular weight is 270 g/mol. The maximum atomic E-state index is 8.29. The zero-order valence-electron chi connectivity index (χ0n) is 6.84. The molecule has 0 saturated heterocycles. The summed E-state index contributed by atoms with van der Waals surface area (Å²) in [6, 6.07) is 4.93. The molecule has 0 aliphatic rings. The number of hydrogen-bond acceptors (Lipinski definition) is 2. The monoisotopic (exact) mass is 269 g/mol. The van der Waals surface area contributed by atoms with Gasteiger partial charge in [-0.25, -0.2) is 0 Å². The predicted molar refractivity (Wildman–Crippen MR) is 68.6 cm³/mol. The first-order valence-electron chi connectivity index (χ1n) is 3.54. The molecule has 0 amide bonds. The molecular formula is C8H6Cl2N3NaS. The van der Waals surface area contributed by atoms with E-state index in [9.17, 15) is 0 Å². The molecule has 74 valence electrons. The van der Waals surface area contributed by atoms with Crippen molar-refractivity contribution in [1.82, 2.24) is 5.32 Å². The summed E-state index contributed by atoms with van der Waals surface area (Å²) < 4.78 is 0. The van der Waals surface area contributed by atoms with Crippen molar-refractivity contribution in [3.8, 4) is 6.19 Å². The third-order valence-corrected chi connectivity index (χ3v) is 2.10. The fourth-order valence-corrected chi connectivity index (χ4v) is 1.41. The fourth-order valence-electron chi connectivity index (χ4n) is 0.795. The van der Waals surface area contributed by atoms with Crippen molar-refractivity contribution in [1.29, 1.82) is 5.26 Å². The summed E-state index contributed by atoms with van der Waals surface area (Å²) in [5.74, 6) is 0. The molecule has 0 radical (unpaired) electrons. The summed E-state index contributed by atoms with van der Waals surface area (Å²) in [5, 5.41) is 14.5. The van der Waals surface area contributed by atoms with Crippen molar-refractivity contribution in [3.63, 3.8) is 0 Å². The minimum absolute atomic E-state index is 0. The summed E-state index contributed by atoms with van der Waals surface area (Å²) in [6.45, 7) is 0. The van der Waals surface area contributed by atoms with Crippen LogP contribution in [0.4, 0.5) is 5.69 Å². The third kappa shape index (κ3) is 5.03. The molecule has 0 aromatic heterocycles. The molecule has 1 aromatic rings. The molecule has 3 nitrogen and oxygen atoms in total. The summed E-state index contributed by atoms with van der Waals surface area (Å²) in [7, 11) is 0. The van der Waals surface area contributed by atoms with Gasteiger partial charge in [0.25, 0.3) is 0 Å². The molecule has 0 unspecified atom stereocenters. The Morgan fingerprint density at radius 3 is 2.60 bits per heavy atom. The van der Waals surface area contributed by atoms with Crippen LogP contribution in [0.5, 0.6) is 0 Å². The maximum absolute atomic E-state index is 8.29. The molecule has 7 heteroatoms. The molecule has 1 rings (SSSR count). The Hall–Kier alpha value is -0.0200. The molecule has 0 aliphatic heterocycles. The Morgan fingerprint density at radius 1 is 1.40 bits per heavy atom. The van der Waals surface area contributed by atoms with Crippen LogP contribution >= 0.6 is 35.4 Å². The van der Waals surface area contributed by atoms with Crippen LogP contribution in [-0.2, 0) is 0 Å². The summed E-state index contributed by atoms with van der Waals surface area (Å²) >= 11 is 16.3. The Morgan fingerprint density at radius 2 is 2.07 bits per heavy atom. The van der Waals surface area contributed by atoms with Gasteiger partial charge < -0.3 is 5.32 Å². The Labute approximate surface area is 125 Å². The van der Waals surface area contributed by atoms with Crippen LogP contribution in [-0.4, -0.2) is 34.7 Å². The van der Waals surface area contributed by atoms with Crippen molar-refractivity contribution in [2.75, 3.05) is 5.32 Å². The van der Waals surface area contributed by atoms with Crippen molar-refractivity contribution in [2.45, 2.75) is 0 Å². The van der Waals surface area contributed by atoms with Gasteiger partial charge in [0.2, 0.25) is 0 Å². The second-order valence-corrected chi connectivity index (χ2v) is 3.57. The van der Waals surface area contributed by atoms with E-state index in [1.54, 1.807) is 24.4 Å². The van der Waals surface area contributed by atoms with E-state index >= 15 is 0 Å². The van der Waals surface area contributed by atoms with E-state index in [0.29, 0.717) is 15.7 Å². The first-order chi connectivity index (χ1) is 6.63. The summed E-state index contributed by atoms with van der Waals surface area (Å²) in [4.78, 5) is 0. The number of nitrogens with one attached hydrogen (secondary N) is 2. The van der Waals surface area contributed by atoms with E-state index in [1.165, 1.54) is 0 Å². The number of anilines is 1. The molecule has 0 heterocycles. The minimum atomic E-state index is 0. The van der Waals surface area contributed by atoms with Gasteiger partial charge in [-0.05, 0) is 30.4 Å². The normalized spacial score (nSPS) is 8.33. The molecule has 0 bridgehead atoms. The number of thiocarbonyl (C=S) groups is 1. The van der Waals surface area contributed by atoms with Gasteiger partial charge in [0.15, 0.2) is 11.3 Å². The molecule has 0 spiro atoms. The van der Waals surface area contributed by atoms with E-state index < -0.39 is 0 Å². The van der Waals surface area contributed by atoms with Gasteiger partial charge in [-0.2, -0.15) is 5.26 Å². The first-order valence-corrected chi connectivity index (χ1v) is 4.71. The number of nitriles is 1. The Balaban J connectivity index is 0.00000196. The van der Waals surface area contributed by atoms with E-state index in [4.69, 9.17) is 40.7 Å². The van der Waals surface area contributed by atoms with Crippen LogP contribution in [0.3, 0.4) is 0 Å². The van der Waals surface area contributed by atoms with Gasteiger partial charge in [0.1, 0.15) is 0 Å². The van der Waals surface area contributed by atoms with Crippen LogP contribution in [0.25, 0.3) is 0 Å². The van der Waals surface area contributed by atoms with Gasteiger partial charge >= 0.3 is 29.6 Å². The molecule has 15 heavy (non-hydrogen) atoms. The van der Waals surface area contributed by atoms with Gasteiger partial charge in [-0.3, -0.25) is 5.32 Å². The zero-order chi connectivity index (χ0) is 10.6. The zero-order valence-corrected chi connectivity index (χ0v) is 9.17. The van der Waals surface area contributed by atoms with E-state index in [-0.39, 0.29) is 34.7 Å².